The molecular weight excluding hydrogens is 182 g/mol. The lowest BCUT2D eigenvalue weighted by Crippen LogP contribution is -2.34. The molecular formula is C6H10ClN3O2. The molecule has 1 aromatic rings. The predicted molar refractivity (Wildman–Crippen MR) is 45.1 cm³/mol. The summed E-state index contributed by atoms with van der Waals surface area (Å²) >= 11 is 0. The molecule has 1 rings (SSSR count). The summed E-state index contributed by atoms with van der Waals surface area (Å²) in [6.45, 7) is 0.211. The van der Waals surface area contributed by atoms with Crippen molar-refractivity contribution in [3.05, 3.63) is 18.5 Å². The second-order valence-corrected chi connectivity index (χ2v) is 2.17. The van der Waals surface area contributed by atoms with E-state index in [1.807, 2.05) is 0 Å². The van der Waals surface area contributed by atoms with Crippen LogP contribution in [0.15, 0.2) is 18.5 Å². The third-order valence-electron chi connectivity index (χ3n) is 1.26. The van der Waals surface area contributed by atoms with Gasteiger partial charge in [-0.2, -0.15) is 5.10 Å². The highest BCUT2D eigenvalue weighted by atomic mass is 35.5. The van der Waals surface area contributed by atoms with E-state index < -0.39 is 12.0 Å². The molecule has 0 saturated heterocycles. The van der Waals surface area contributed by atoms with Crippen molar-refractivity contribution in [2.45, 2.75) is 12.6 Å². The first kappa shape index (κ1) is 10.9. The van der Waals surface area contributed by atoms with Crippen LogP contribution in [0.2, 0.25) is 0 Å². The molecule has 0 bridgehead atoms. The summed E-state index contributed by atoms with van der Waals surface area (Å²) in [6, 6.07) is 0.837. The maximum Gasteiger partial charge on any atom is 0.322 e. The molecule has 0 fully saturated rings. The summed E-state index contributed by atoms with van der Waals surface area (Å²) in [6.07, 6.45) is 3.25. The van der Waals surface area contributed by atoms with Gasteiger partial charge in [0.15, 0.2) is 0 Å². The minimum atomic E-state index is -1.01. The Hall–Kier alpha value is -1.07. The molecule has 1 unspecified atom stereocenters. The fraction of sp³-hybridized carbons (Fsp3) is 0.333. The van der Waals surface area contributed by atoms with Crippen LogP contribution < -0.4 is 5.73 Å². The first-order valence-electron chi connectivity index (χ1n) is 3.16. The molecule has 1 aromatic heterocycles. The van der Waals surface area contributed by atoms with Crippen molar-refractivity contribution in [2.24, 2.45) is 5.73 Å². The second kappa shape index (κ2) is 4.74. The topological polar surface area (TPSA) is 81.1 Å². The lowest BCUT2D eigenvalue weighted by atomic mass is 10.3. The average molecular weight is 192 g/mol. The Morgan fingerprint density at radius 1 is 1.75 bits per heavy atom. The van der Waals surface area contributed by atoms with E-state index in [0.717, 1.165) is 0 Å². The zero-order chi connectivity index (χ0) is 8.27. The maximum absolute atomic E-state index is 10.3. The van der Waals surface area contributed by atoms with Gasteiger partial charge in [0.1, 0.15) is 6.04 Å². The molecule has 1 heterocycles. The SMILES string of the molecule is Cl.NC(Cn1cccn1)C(=O)O. The molecule has 0 saturated carbocycles. The molecule has 0 aliphatic carbocycles. The number of hydrogen-bond acceptors (Lipinski definition) is 3. The number of carbonyl (C=O) groups is 1. The molecule has 6 heteroatoms. The van der Waals surface area contributed by atoms with Crippen molar-refractivity contribution >= 4 is 18.4 Å². The lowest BCUT2D eigenvalue weighted by molar-refractivity contribution is -0.138. The minimum Gasteiger partial charge on any atom is -0.480 e. The standard InChI is InChI=1S/C6H9N3O2.ClH/c7-5(6(10)11)4-9-3-1-2-8-9;/h1-3,5H,4,7H2,(H,10,11);1H. The van der Waals surface area contributed by atoms with Gasteiger partial charge >= 0.3 is 5.97 Å². The lowest BCUT2D eigenvalue weighted by Gasteiger charge is -2.04. The summed E-state index contributed by atoms with van der Waals surface area (Å²) in [4.78, 5) is 10.3. The van der Waals surface area contributed by atoms with E-state index in [2.05, 4.69) is 5.10 Å². The van der Waals surface area contributed by atoms with Gasteiger partial charge in [0.2, 0.25) is 0 Å². The first-order valence-corrected chi connectivity index (χ1v) is 3.16. The Morgan fingerprint density at radius 3 is 2.83 bits per heavy atom. The van der Waals surface area contributed by atoms with Gasteiger partial charge in [0.05, 0.1) is 6.54 Å². The molecule has 3 N–H and O–H groups in total. The van der Waals surface area contributed by atoms with Crippen LogP contribution in [-0.4, -0.2) is 26.9 Å². The smallest absolute Gasteiger partial charge is 0.322 e. The Bertz CT molecular complexity index is 237. The number of aromatic nitrogens is 2. The molecule has 0 spiro atoms. The van der Waals surface area contributed by atoms with E-state index in [-0.39, 0.29) is 19.0 Å². The first-order chi connectivity index (χ1) is 5.20. The molecule has 1 atom stereocenters. The predicted octanol–water partition coefficient (Wildman–Crippen LogP) is -0.283. The van der Waals surface area contributed by atoms with E-state index in [0.29, 0.717) is 0 Å². The van der Waals surface area contributed by atoms with Crippen LogP contribution >= 0.6 is 12.4 Å². The van der Waals surface area contributed by atoms with Gasteiger partial charge in [-0.25, -0.2) is 0 Å². The Labute approximate surface area is 75.6 Å². The van der Waals surface area contributed by atoms with Crippen LogP contribution in [0, 0.1) is 0 Å². The van der Waals surface area contributed by atoms with Crippen molar-refractivity contribution in [3.63, 3.8) is 0 Å². The summed E-state index contributed by atoms with van der Waals surface area (Å²) in [7, 11) is 0. The van der Waals surface area contributed by atoms with Crippen LogP contribution in [0.5, 0.6) is 0 Å². The number of carboxylic acids is 1. The zero-order valence-corrected chi connectivity index (χ0v) is 7.07. The van der Waals surface area contributed by atoms with Gasteiger partial charge in [0, 0.05) is 12.4 Å². The summed E-state index contributed by atoms with van der Waals surface area (Å²) in [5.74, 6) is -1.01. The number of rotatable bonds is 3. The molecule has 0 radical (unpaired) electrons. The average Bonchev–Trinajstić information content (AvgIpc) is 2.39. The zero-order valence-electron chi connectivity index (χ0n) is 6.25. The molecule has 68 valence electrons. The fourth-order valence-corrected chi connectivity index (χ4v) is 0.688. The normalized spacial score (nSPS) is 11.8. The van der Waals surface area contributed by atoms with Gasteiger partial charge in [-0.05, 0) is 6.07 Å². The van der Waals surface area contributed by atoms with Crippen molar-refractivity contribution in [1.29, 1.82) is 0 Å². The third-order valence-corrected chi connectivity index (χ3v) is 1.26. The molecule has 0 amide bonds. The summed E-state index contributed by atoms with van der Waals surface area (Å²) in [5, 5.41) is 12.2. The van der Waals surface area contributed by atoms with Crippen LogP contribution in [0.3, 0.4) is 0 Å². The quantitative estimate of drug-likeness (QED) is 0.689. The number of carboxylic acid groups (broad SMARTS) is 1. The van der Waals surface area contributed by atoms with Gasteiger partial charge in [-0.3, -0.25) is 9.48 Å². The van der Waals surface area contributed by atoms with Gasteiger partial charge < -0.3 is 10.8 Å². The summed E-state index contributed by atoms with van der Waals surface area (Å²) in [5.41, 5.74) is 5.25. The summed E-state index contributed by atoms with van der Waals surface area (Å²) < 4.78 is 1.48. The van der Waals surface area contributed by atoms with E-state index in [1.54, 1.807) is 18.5 Å². The number of hydrogen-bond donors (Lipinski definition) is 2. The highest BCUT2D eigenvalue weighted by Gasteiger charge is 2.11. The second-order valence-electron chi connectivity index (χ2n) is 2.17. The van der Waals surface area contributed by atoms with Gasteiger partial charge in [-0.1, -0.05) is 0 Å². The van der Waals surface area contributed by atoms with Crippen LogP contribution in [0.1, 0.15) is 0 Å². The number of aliphatic carboxylic acids is 1. The molecule has 12 heavy (non-hydrogen) atoms. The van der Waals surface area contributed by atoms with Crippen LogP contribution in [-0.2, 0) is 11.3 Å². The largest absolute Gasteiger partial charge is 0.480 e. The number of nitrogens with zero attached hydrogens (tertiary/aromatic N) is 2. The number of nitrogens with two attached hydrogens (primary N) is 1. The molecule has 0 aliphatic rings. The Morgan fingerprint density at radius 2 is 2.42 bits per heavy atom. The van der Waals surface area contributed by atoms with E-state index in [4.69, 9.17) is 10.8 Å². The molecule has 0 aromatic carbocycles. The Kier molecular flexibility index (Phi) is 4.31. The van der Waals surface area contributed by atoms with E-state index in [9.17, 15) is 4.79 Å². The fourth-order valence-electron chi connectivity index (χ4n) is 0.688. The van der Waals surface area contributed by atoms with Crippen molar-refractivity contribution in [3.8, 4) is 0 Å². The van der Waals surface area contributed by atoms with Gasteiger partial charge in [-0.15, -0.1) is 12.4 Å². The molecule has 0 aliphatic heterocycles. The van der Waals surface area contributed by atoms with E-state index in [1.165, 1.54) is 4.68 Å². The monoisotopic (exact) mass is 191 g/mol. The van der Waals surface area contributed by atoms with Crippen LogP contribution in [0.4, 0.5) is 0 Å². The van der Waals surface area contributed by atoms with Gasteiger partial charge in [0.25, 0.3) is 0 Å². The van der Waals surface area contributed by atoms with E-state index >= 15 is 0 Å². The third kappa shape index (κ3) is 2.89. The number of halogens is 1. The Balaban J connectivity index is 0.00000121. The molecule has 5 nitrogen and oxygen atoms in total. The maximum atomic E-state index is 10.3. The van der Waals surface area contributed by atoms with Crippen molar-refractivity contribution < 1.29 is 9.90 Å². The van der Waals surface area contributed by atoms with Crippen molar-refractivity contribution in [2.75, 3.05) is 0 Å². The van der Waals surface area contributed by atoms with Crippen LogP contribution in [0.25, 0.3) is 0 Å². The minimum absolute atomic E-state index is 0. The highest BCUT2D eigenvalue weighted by molar-refractivity contribution is 5.85. The van der Waals surface area contributed by atoms with Crippen molar-refractivity contribution in [1.82, 2.24) is 9.78 Å². The highest BCUT2D eigenvalue weighted by Crippen LogP contribution is 1.87.